The number of fused-ring (bicyclic) bond motifs is 1. The molecule has 2 N–H and O–H groups in total. The van der Waals surface area contributed by atoms with Gasteiger partial charge in [-0.2, -0.15) is 0 Å². The standard InChI is InChI=1S/C16H17N3O2/c20-16(19-9-7-12-4-1-2-8-17-12)13-5-3-6-14-15(13)21-11-10-18-14/h1-6,8,18H,7,9-11H2,(H,19,20). The van der Waals surface area contributed by atoms with Crippen LogP contribution in [0.25, 0.3) is 0 Å². The van der Waals surface area contributed by atoms with Gasteiger partial charge in [-0.25, -0.2) is 0 Å². The molecular formula is C16H17N3O2. The quantitative estimate of drug-likeness (QED) is 0.899. The van der Waals surface area contributed by atoms with Crippen LogP contribution in [0, 0.1) is 0 Å². The molecule has 3 rings (SSSR count). The number of aromatic nitrogens is 1. The Hall–Kier alpha value is -2.56. The van der Waals surface area contributed by atoms with Crippen molar-refractivity contribution in [2.45, 2.75) is 6.42 Å². The van der Waals surface area contributed by atoms with E-state index in [1.165, 1.54) is 0 Å². The smallest absolute Gasteiger partial charge is 0.255 e. The van der Waals surface area contributed by atoms with Crippen LogP contribution in [0.3, 0.4) is 0 Å². The number of benzene rings is 1. The Morgan fingerprint density at radius 2 is 2.24 bits per heavy atom. The molecule has 5 nitrogen and oxygen atoms in total. The zero-order chi connectivity index (χ0) is 14.5. The predicted molar refractivity (Wildman–Crippen MR) is 80.7 cm³/mol. The van der Waals surface area contributed by atoms with Crippen LogP contribution in [0.4, 0.5) is 5.69 Å². The molecule has 1 aromatic carbocycles. The van der Waals surface area contributed by atoms with E-state index in [0.29, 0.717) is 30.9 Å². The minimum atomic E-state index is -0.119. The average Bonchev–Trinajstić information content (AvgIpc) is 2.55. The van der Waals surface area contributed by atoms with Crippen LogP contribution in [0.2, 0.25) is 0 Å². The van der Waals surface area contributed by atoms with Crippen molar-refractivity contribution in [1.29, 1.82) is 0 Å². The molecule has 1 aliphatic rings. The van der Waals surface area contributed by atoms with Crippen LogP contribution < -0.4 is 15.4 Å². The first-order valence-corrected chi connectivity index (χ1v) is 7.02. The molecule has 0 atom stereocenters. The van der Waals surface area contributed by atoms with E-state index in [1.54, 1.807) is 12.3 Å². The third-order valence-electron chi connectivity index (χ3n) is 3.32. The lowest BCUT2D eigenvalue weighted by Gasteiger charge is -2.21. The summed E-state index contributed by atoms with van der Waals surface area (Å²) in [6, 6.07) is 11.3. The fourth-order valence-electron chi connectivity index (χ4n) is 2.29. The van der Waals surface area contributed by atoms with Gasteiger partial charge in [0.2, 0.25) is 0 Å². The number of hydrogen-bond donors (Lipinski definition) is 2. The maximum atomic E-state index is 12.3. The SMILES string of the molecule is O=C(NCCc1ccccn1)c1cccc2c1OCCN2. The molecule has 0 fully saturated rings. The fourth-order valence-corrected chi connectivity index (χ4v) is 2.29. The molecule has 1 aliphatic heterocycles. The van der Waals surface area contributed by atoms with Crippen molar-refractivity contribution in [2.75, 3.05) is 25.0 Å². The van der Waals surface area contributed by atoms with Gasteiger partial charge in [-0.15, -0.1) is 0 Å². The van der Waals surface area contributed by atoms with Crippen LogP contribution in [0.5, 0.6) is 5.75 Å². The first-order chi connectivity index (χ1) is 10.3. The highest BCUT2D eigenvalue weighted by Crippen LogP contribution is 2.30. The van der Waals surface area contributed by atoms with Crippen LogP contribution in [-0.2, 0) is 6.42 Å². The van der Waals surface area contributed by atoms with Crippen molar-refractivity contribution in [2.24, 2.45) is 0 Å². The Kier molecular flexibility index (Phi) is 4.00. The number of carbonyl (C=O) groups excluding carboxylic acids is 1. The summed E-state index contributed by atoms with van der Waals surface area (Å²) >= 11 is 0. The van der Waals surface area contributed by atoms with E-state index in [-0.39, 0.29) is 5.91 Å². The monoisotopic (exact) mass is 283 g/mol. The van der Waals surface area contributed by atoms with Gasteiger partial charge in [-0.05, 0) is 24.3 Å². The second kappa shape index (κ2) is 6.26. The van der Waals surface area contributed by atoms with E-state index in [4.69, 9.17) is 4.74 Å². The van der Waals surface area contributed by atoms with Gasteiger partial charge in [0.1, 0.15) is 6.61 Å². The number of ether oxygens (including phenoxy) is 1. The summed E-state index contributed by atoms with van der Waals surface area (Å²) in [6.45, 7) is 1.88. The lowest BCUT2D eigenvalue weighted by Crippen LogP contribution is -2.28. The molecule has 1 amide bonds. The molecule has 2 heterocycles. The van der Waals surface area contributed by atoms with Gasteiger partial charge in [0.15, 0.2) is 5.75 Å². The summed E-state index contributed by atoms with van der Waals surface area (Å²) < 4.78 is 5.60. The molecule has 1 aromatic heterocycles. The number of carbonyl (C=O) groups is 1. The van der Waals surface area contributed by atoms with Crippen molar-refractivity contribution in [3.63, 3.8) is 0 Å². The first kappa shape index (κ1) is 13.4. The van der Waals surface area contributed by atoms with E-state index >= 15 is 0 Å². The number of hydrogen-bond acceptors (Lipinski definition) is 4. The van der Waals surface area contributed by atoms with E-state index < -0.39 is 0 Å². The van der Waals surface area contributed by atoms with Gasteiger partial charge >= 0.3 is 0 Å². The molecule has 108 valence electrons. The van der Waals surface area contributed by atoms with E-state index in [1.807, 2.05) is 30.3 Å². The zero-order valence-corrected chi connectivity index (χ0v) is 11.6. The number of para-hydroxylation sites is 1. The number of nitrogens with zero attached hydrogens (tertiary/aromatic N) is 1. The van der Waals surface area contributed by atoms with Crippen molar-refractivity contribution >= 4 is 11.6 Å². The van der Waals surface area contributed by atoms with Crippen molar-refractivity contribution in [1.82, 2.24) is 10.3 Å². The summed E-state index contributed by atoms with van der Waals surface area (Å²) in [7, 11) is 0. The molecule has 0 saturated carbocycles. The highest BCUT2D eigenvalue weighted by molar-refractivity contribution is 5.98. The fraction of sp³-hybridized carbons (Fsp3) is 0.250. The van der Waals surface area contributed by atoms with Crippen molar-refractivity contribution in [3.8, 4) is 5.75 Å². The lowest BCUT2D eigenvalue weighted by molar-refractivity contribution is 0.0950. The van der Waals surface area contributed by atoms with Crippen LogP contribution in [-0.4, -0.2) is 30.6 Å². The summed E-state index contributed by atoms with van der Waals surface area (Å²) in [5.41, 5.74) is 2.41. The Labute approximate surface area is 123 Å². The van der Waals surface area contributed by atoms with E-state index in [2.05, 4.69) is 15.6 Å². The van der Waals surface area contributed by atoms with Crippen molar-refractivity contribution < 1.29 is 9.53 Å². The summed E-state index contributed by atoms with van der Waals surface area (Å²) in [4.78, 5) is 16.5. The highest BCUT2D eigenvalue weighted by Gasteiger charge is 2.18. The third kappa shape index (κ3) is 3.13. The number of nitrogens with one attached hydrogen (secondary N) is 2. The number of pyridine rings is 1. The molecule has 0 radical (unpaired) electrons. The number of anilines is 1. The van der Waals surface area contributed by atoms with Crippen molar-refractivity contribution in [3.05, 3.63) is 53.9 Å². The first-order valence-electron chi connectivity index (χ1n) is 7.02. The predicted octanol–water partition coefficient (Wildman–Crippen LogP) is 1.86. The topological polar surface area (TPSA) is 63.2 Å². The average molecular weight is 283 g/mol. The summed E-state index contributed by atoms with van der Waals surface area (Å²) in [5.74, 6) is 0.519. The normalized spacial score (nSPS) is 12.8. The van der Waals surface area contributed by atoms with Gasteiger partial charge < -0.3 is 15.4 Å². The molecule has 0 aliphatic carbocycles. The highest BCUT2D eigenvalue weighted by atomic mass is 16.5. The molecule has 0 spiro atoms. The van der Waals surface area contributed by atoms with Crippen LogP contribution >= 0.6 is 0 Å². The maximum absolute atomic E-state index is 12.3. The van der Waals surface area contributed by atoms with Gasteiger partial charge in [0, 0.05) is 31.4 Å². The molecule has 21 heavy (non-hydrogen) atoms. The number of amides is 1. The second-order valence-electron chi connectivity index (χ2n) is 4.78. The molecule has 0 unspecified atom stereocenters. The third-order valence-corrected chi connectivity index (χ3v) is 3.32. The zero-order valence-electron chi connectivity index (χ0n) is 11.6. The Balaban J connectivity index is 1.63. The molecule has 0 bridgehead atoms. The van der Waals surface area contributed by atoms with Gasteiger partial charge in [-0.1, -0.05) is 12.1 Å². The van der Waals surface area contributed by atoms with Crippen LogP contribution in [0.1, 0.15) is 16.1 Å². The molecular weight excluding hydrogens is 266 g/mol. The van der Waals surface area contributed by atoms with Gasteiger partial charge in [0.05, 0.1) is 11.3 Å². The summed E-state index contributed by atoms with van der Waals surface area (Å²) in [5, 5.41) is 6.14. The van der Waals surface area contributed by atoms with E-state index in [9.17, 15) is 4.79 Å². The number of rotatable bonds is 4. The lowest BCUT2D eigenvalue weighted by atomic mass is 10.1. The molecule has 5 heteroatoms. The Morgan fingerprint density at radius 1 is 1.29 bits per heavy atom. The van der Waals surface area contributed by atoms with E-state index in [0.717, 1.165) is 17.9 Å². The summed E-state index contributed by atoms with van der Waals surface area (Å²) in [6.07, 6.45) is 2.46. The van der Waals surface area contributed by atoms with Crippen LogP contribution in [0.15, 0.2) is 42.6 Å². The van der Waals surface area contributed by atoms with Gasteiger partial charge in [-0.3, -0.25) is 9.78 Å². The minimum Gasteiger partial charge on any atom is -0.489 e. The molecule has 0 saturated heterocycles. The Bertz CT molecular complexity index is 629. The Morgan fingerprint density at radius 3 is 3.10 bits per heavy atom. The second-order valence-corrected chi connectivity index (χ2v) is 4.78. The largest absolute Gasteiger partial charge is 0.489 e. The minimum absolute atomic E-state index is 0.119. The van der Waals surface area contributed by atoms with Gasteiger partial charge in [0.25, 0.3) is 5.91 Å². The molecule has 2 aromatic rings. The maximum Gasteiger partial charge on any atom is 0.255 e.